The number of ketones is 2. The van der Waals surface area contributed by atoms with Gasteiger partial charge in [-0.25, -0.2) is 0 Å². The SMILES string of the molecule is Cl.O=C1c2[nH]cc(CN3C[C@@H]4C[C@H]3CN4)c2C(=O)c2c1c(O)c1ccccc1c2O. The van der Waals surface area contributed by atoms with Crippen LogP contribution in [0.15, 0.2) is 30.5 Å². The molecule has 0 amide bonds. The summed E-state index contributed by atoms with van der Waals surface area (Å²) < 4.78 is 0. The zero-order valence-electron chi connectivity index (χ0n) is 15.9. The maximum Gasteiger partial charge on any atom is 0.214 e. The zero-order valence-corrected chi connectivity index (χ0v) is 16.8. The Kier molecular flexibility index (Phi) is 4.18. The number of benzene rings is 2. The van der Waals surface area contributed by atoms with Gasteiger partial charge in [-0.05, 0) is 12.0 Å². The van der Waals surface area contributed by atoms with Crippen molar-refractivity contribution in [2.24, 2.45) is 0 Å². The average Bonchev–Trinajstić information content (AvgIpc) is 3.45. The van der Waals surface area contributed by atoms with E-state index >= 15 is 0 Å². The number of phenolic OH excluding ortho intramolecular Hbond substituents is 2. The van der Waals surface area contributed by atoms with Crippen molar-refractivity contribution in [1.29, 1.82) is 0 Å². The molecule has 1 aliphatic carbocycles. The Morgan fingerprint density at radius 2 is 1.67 bits per heavy atom. The molecular formula is C22H20ClN3O4. The third-order valence-corrected chi connectivity index (χ3v) is 6.57. The summed E-state index contributed by atoms with van der Waals surface area (Å²) in [5, 5.41) is 25.7. The van der Waals surface area contributed by atoms with E-state index in [4.69, 9.17) is 0 Å². The number of aromatic amines is 1. The number of rotatable bonds is 2. The predicted molar refractivity (Wildman–Crippen MR) is 113 cm³/mol. The number of carbonyl (C=O) groups is 2. The van der Waals surface area contributed by atoms with Crippen LogP contribution >= 0.6 is 12.4 Å². The number of fused-ring (bicyclic) bond motifs is 5. The first-order chi connectivity index (χ1) is 14.0. The molecule has 0 saturated carbocycles. The fourth-order valence-corrected chi connectivity index (χ4v) is 5.18. The minimum atomic E-state index is -0.469. The van der Waals surface area contributed by atoms with Gasteiger partial charge in [-0.15, -0.1) is 12.4 Å². The summed E-state index contributed by atoms with van der Waals surface area (Å²) in [7, 11) is 0. The average molecular weight is 426 g/mol. The fourth-order valence-electron chi connectivity index (χ4n) is 5.18. The number of H-pyrrole nitrogens is 1. The Bertz CT molecular complexity index is 1230. The Hall–Kier alpha value is -2.87. The van der Waals surface area contributed by atoms with Gasteiger partial charge >= 0.3 is 0 Å². The third-order valence-electron chi connectivity index (χ3n) is 6.57. The van der Waals surface area contributed by atoms with Gasteiger partial charge in [0.1, 0.15) is 11.5 Å². The molecule has 1 aromatic heterocycles. The van der Waals surface area contributed by atoms with Crippen molar-refractivity contribution in [3.05, 3.63) is 58.4 Å². The van der Waals surface area contributed by atoms with E-state index in [0.29, 0.717) is 35.0 Å². The quantitative estimate of drug-likeness (QED) is 0.367. The van der Waals surface area contributed by atoms with Crippen LogP contribution in [-0.4, -0.2) is 56.8 Å². The van der Waals surface area contributed by atoms with Crippen molar-refractivity contribution in [1.82, 2.24) is 15.2 Å². The molecule has 7 nitrogen and oxygen atoms in total. The topological polar surface area (TPSA) is 106 Å². The van der Waals surface area contributed by atoms with E-state index in [1.54, 1.807) is 30.5 Å². The first-order valence-electron chi connectivity index (χ1n) is 9.78. The van der Waals surface area contributed by atoms with Crippen LogP contribution in [0.1, 0.15) is 44.0 Å². The molecule has 2 atom stereocenters. The van der Waals surface area contributed by atoms with E-state index in [1.165, 1.54) is 0 Å². The lowest BCUT2D eigenvalue weighted by atomic mass is 9.83. The summed E-state index contributed by atoms with van der Waals surface area (Å²) in [4.78, 5) is 31.9. The highest BCUT2D eigenvalue weighted by Gasteiger charge is 2.41. The monoisotopic (exact) mass is 425 g/mol. The van der Waals surface area contributed by atoms with Gasteiger partial charge in [0, 0.05) is 48.7 Å². The maximum absolute atomic E-state index is 13.4. The number of carbonyl (C=O) groups excluding carboxylic acids is 2. The smallest absolute Gasteiger partial charge is 0.214 e. The molecule has 8 heteroatoms. The molecule has 2 aliphatic heterocycles. The first-order valence-corrected chi connectivity index (χ1v) is 9.78. The van der Waals surface area contributed by atoms with Gasteiger partial charge in [0.05, 0.1) is 22.4 Å². The highest BCUT2D eigenvalue weighted by atomic mass is 35.5. The first kappa shape index (κ1) is 19.1. The second-order valence-electron chi connectivity index (χ2n) is 8.14. The van der Waals surface area contributed by atoms with Gasteiger partial charge in [0.2, 0.25) is 5.78 Å². The van der Waals surface area contributed by atoms with Crippen molar-refractivity contribution in [2.75, 3.05) is 13.1 Å². The summed E-state index contributed by atoms with van der Waals surface area (Å²) in [6.07, 6.45) is 2.81. The predicted octanol–water partition coefficient (Wildman–Crippen LogP) is 2.32. The minimum absolute atomic E-state index is 0. The molecular weight excluding hydrogens is 406 g/mol. The number of likely N-dealkylation sites (tertiary alicyclic amines) is 1. The van der Waals surface area contributed by atoms with E-state index < -0.39 is 11.6 Å². The normalized spacial score (nSPS) is 22.3. The Balaban J connectivity index is 0.00000193. The number of nitrogens with one attached hydrogen (secondary N) is 2. The number of hydrogen-bond donors (Lipinski definition) is 4. The lowest BCUT2D eigenvalue weighted by Crippen LogP contribution is -2.43. The van der Waals surface area contributed by atoms with Crippen molar-refractivity contribution >= 4 is 34.7 Å². The second-order valence-corrected chi connectivity index (χ2v) is 8.14. The summed E-state index contributed by atoms with van der Waals surface area (Å²) in [5.41, 5.74) is 1.01. The van der Waals surface area contributed by atoms with Crippen molar-refractivity contribution in [2.45, 2.75) is 25.0 Å². The molecule has 0 radical (unpaired) electrons. The molecule has 2 bridgehead atoms. The van der Waals surface area contributed by atoms with Crippen LogP contribution in [0.5, 0.6) is 11.5 Å². The lowest BCUT2D eigenvalue weighted by molar-refractivity contribution is 0.0971. The van der Waals surface area contributed by atoms with Gasteiger partial charge in [0.15, 0.2) is 5.78 Å². The summed E-state index contributed by atoms with van der Waals surface area (Å²) >= 11 is 0. The lowest BCUT2D eigenvalue weighted by Gasteiger charge is -2.27. The van der Waals surface area contributed by atoms with Crippen LogP contribution in [0.4, 0.5) is 0 Å². The summed E-state index contributed by atoms with van der Waals surface area (Å²) in [5.74, 6) is -1.42. The zero-order chi connectivity index (χ0) is 19.9. The highest BCUT2D eigenvalue weighted by Crippen LogP contribution is 2.44. The minimum Gasteiger partial charge on any atom is -0.506 e. The molecule has 30 heavy (non-hydrogen) atoms. The number of phenols is 2. The largest absolute Gasteiger partial charge is 0.506 e. The number of nitrogens with zero attached hydrogens (tertiary/aromatic N) is 1. The van der Waals surface area contributed by atoms with Crippen LogP contribution in [0.25, 0.3) is 10.8 Å². The number of aromatic nitrogens is 1. The van der Waals surface area contributed by atoms with E-state index in [1.807, 2.05) is 0 Å². The van der Waals surface area contributed by atoms with E-state index in [0.717, 1.165) is 25.1 Å². The maximum atomic E-state index is 13.4. The highest BCUT2D eigenvalue weighted by molar-refractivity contribution is 6.32. The molecule has 3 aromatic rings. The summed E-state index contributed by atoms with van der Waals surface area (Å²) in [6, 6.07) is 7.60. The number of halogens is 1. The van der Waals surface area contributed by atoms with Gasteiger partial charge in [-0.2, -0.15) is 0 Å². The summed E-state index contributed by atoms with van der Waals surface area (Å²) in [6.45, 7) is 2.43. The molecule has 0 unspecified atom stereocenters. The Morgan fingerprint density at radius 1 is 1.00 bits per heavy atom. The molecule has 2 saturated heterocycles. The molecule has 6 rings (SSSR count). The number of piperazine rings is 1. The van der Waals surface area contributed by atoms with E-state index in [-0.39, 0.29) is 40.7 Å². The molecule has 2 fully saturated rings. The Morgan fingerprint density at radius 3 is 2.27 bits per heavy atom. The van der Waals surface area contributed by atoms with E-state index in [2.05, 4.69) is 15.2 Å². The van der Waals surface area contributed by atoms with Crippen LogP contribution < -0.4 is 5.32 Å². The molecule has 154 valence electrons. The second kappa shape index (κ2) is 6.57. The van der Waals surface area contributed by atoms with Crippen LogP contribution in [0.3, 0.4) is 0 Å². The van der Waals surface area contributed by atoms with Gasteiger partial charge in [0.25, 0.3) is 0 Å². The number of aromatic hydroxyl groups is 2. The molecule has 0 spiro atoms. The van der Waals surface area contributed by atoms with E-state index in [9.17, 15) is 19.8 Å². The Labute approximate surface area is 178 Å². The fraction of sp³-hybridized carbons (Fsp3) is 0.273. The standard InChI is InChI=1S/C22H19N3O4.ClH/c26-19-13-3-1-2-4-14(13)20(27)17-16(19)21(28)15-10(6-24-18(15)22(17)29)8-25-9-11-5-12(25)7-23-11;/h1-4,6,11-12,23-24,26-27H,5,7-9H2;1H/t11-,12-;/m0./s1. The molecule has 2 aromatic carbocycles. The van der Waals surface area contributed by atoms with Gasteiger partial charge in [-0.1, -0.05) is 24.3 Å². The van der Waals surface area contributed by atoms with Gasteiger partial charge < -0.3 is 20.5 Å². The van der Waals surface area contributed by atoms with Crippen LogP contribution in [-0.2, 0) is 6.54 Å². The van der Waals surface area contributed by atoms with Crippen molar-refractivity contribution < 1.29 is 19.8 Å². The van der Waals surface area contributed by atoms with Crippen molar-refractivity contribution in [3.63, 3.8) is 0 Å². The van der Waals surface area contributed by atoms with Gasteiger partial charge in [-0.3, -0.25) is 14.5 Å². The number of hydrogen-bond acceptors (Lipinski definition) is 6. The van der Waals surface area contributed by atoms with Crippen LogP contribution in [0, 0.1) is 0 Å². The van der Waals surface area contributed by atoms with Crippen molar-refractivity contribution in [3.8, 4) is 11.5 Å². The molecule has 4 N–H and O–H groups in total. The third kappa shape index (κ3) is 2.40. The van der Waals surface area contributed by atoms with Crippen LogP contribution in [0.2, 0.25) is 0 Å². The molecule has 3 heterocycles. The molecule has 3 aliphatic rings.